The van der Waals surface area contributed by atoms with Crippen molar-refractivity contribution in [1.29, 1.82) is 0 Å². The van der Waals surface area contributed by atoms with Crippen molar-refractivity contribution in [3.05, 3.63) is 11.7 Å². The van der Waals surface area contributed by atoms with E-state index >= 15 is 0 Å². The lowest BCUT2D eigenvalue weighted by Gasteiger charge is -2.20. The Kier molecular flexibility index (Phi) is 4.98. The summed E-state index contributed by atoms with van der Waals surface area (Å²) in [6.45, 7) is 7.56. The monoisotopic (exact) mass is 295 g/mol. The Hall–Kier alpha value is -1.43. The van der Waals surface area contributed by atoms with Crippen molar-refractivity contribution in [3.63, 3.8) is 0 Å². The third-order valence-electron chi connectivity index (χ3n) is 3.62. The van der Waals surface area contributed by atoms with Gasteiger partial charge in [-0.15, -0.1) is 0 Å². The minimum atomic E-state index is -0.137. The molecule has 0 radical (unpaired) electrons. The average Bonchev–Trinajstić information content (AvgIpc) is 3.05. The Balaban J connectivity index is 1.79. The van der Waals surface area contributed by atoms with E-state index in [0.29, 0.717) is 31.1 Å². The Morgan fingerprint density at radius 1 is 1.43 bits per heavy atom. The molecule has 0 N–H and O–H groups in total. The van der Waals surface area contributed by atoms with E-state index in [1.807, 2.05) is 27.8 Å². The standard InChI is InChI=1S/C15H25N3O3/c1-15(2,3)14-16-12(21-17-14)7-8-13(19)18(4)10-11-6-5-9-20-11/h11H,5-10H2,1-4H3/t11-/m0/s1. The number of hydrogen-bond acceptors (Lipinski definition) is 5. The van der Waals surface area contributed by atoms with Crippen molar-refractivity contribution < 1.29 is 14.1 Å². The highest BCUT2D eigenvalue weighted by Crippen LogP contribution is 2.19. The first-order chi connectivity index (χ1) is 9.86. The highest BCUT2D eigenvalue weighted by atomic mass is 16.5. The molecule has 0 bridgehead atoms. The van der Waals surface area contributed by atoms with Gasteiger partial charge in [0.1, 0.15) is 0 Å². The number of carbonyl (C=O) groups excluding carboxylic acids is 1. The lowest BCUT2D eigenvalue weighted by Crippen LogP contribution is -2.34. The second-order valence-electron chi connectivity index (χ2n) is 6.67. The molecule has 118 valence electrons. The predicted octanol–water partition coefficient (Wildman–Crippen LogP) is 1.94. The molecule has 21 heavy (non-hydrogen) atoms. The van der Waals surface area contributed by atoms with Crippen LogP contribution in [0.4, 0.5) is 0 Å². The summed E-state index contributed by atoms with van der Waals surface area (Å²) in [5, 5.41) is 3.96. The fourth-order valence-electron chi connectivity index (χ4n) is 2.26. The predicted molar refractivity (Wildman–Crippen MR) is 77.9 cm³/mol. The zero-order chi connectivity index (χ0) is 15.5. The first-order valence-electron chi connectivity index (χ1n) is 7.55. The van der Waals surface area contributed by atoms with Gasteiger partial charge in [-0.1, -0.05) is 25.9 Å². The van der Waals surface area contributed by atoms with Crippen LogP contribution in [0, 0.1) is 0 Å². The molecule has 1 fully saturated rings. The van der Waals surface area contributed by atoms with Gasteiger partial charge in [0, 0.05) is 38.5 Å². The van der Waals surface area contributed by atoms with E-state index in [-0.39, 0.29) is 17.4 Å². The molecule has 1 saturated heterocycles. The maximum atomic E-state index is 12.1. The second kappa shape index (κ2) is 6.56. The van der Waals surface area contributed by atoms with Crippen LogP contribution in [-0.4, -0.2) is 47.3 Å². The minimum Gasteiger partial charge on any atom is -0.376 e. The molecule has 6 nitrogen and oxygen atoms in total. The number of likely N-dealkylation sites (N-methyl/N-ethyl adjacent to an activating group) is 1. The van der Waals surface area contributed by atoms with Crippen molar-refractivity contribution >= 4 is 5.91 Å². The summed E-state index contributed by atoms with van der Waals surface area (Å²) in [6.07, 6.45) is 3.18. The van der Waals surface area contributed by atoms with Crippen molar-refractivity contribution in [2.24, 2.45) is 0 Å². The van der Waals surface area contributed by atoms with E-state index in [2.05, 4.69) is 10.1 Å². The van der Waals surface area contributed by atoms with Crippen molar-refractivity contribution in [3.8, 4) is 0 Å². The van der Waals surface area contributed by atoms with Gasteiger partial charge in [-0.25, -0.2) is 0 Å². The number of hydrogen-bond donors (Lipinski definition) is 0. The molecule has 1 atom stereocenters. The number of nitrogens with zero attached hydrogens (tertiary/aromatic N) is 3. The maximum absolute atomic E-state index is 12.1. The number of aryl methyl sites for hydroxylation is 1. The molecule has 1 amide bonds. The summed E-state index contributed by atoms with van der Waals surface area (Å²) < 4.78 is 10.7. The molecule has 2 heterocycles. The number of rotatable bonds is 5. The Bertz CT molecular complexity index is 473. The van der Waals surface area contributed by atoms with Gasteiger partial charge >= 0.3 is 0 Å². The summed E-state index contributed by atoms with van der Waals surface area (Å²) in [5.74, 6) is 1.29. The maximum Gasteiger partial charge on any atom is 0.227 e. The fourth-order valence-corrected chi connectivity index (χ4v) is 2.26. The molecule has 0 saturated carbocycles. The van der Waals surface area contributed by atoms with Gasteiger partial charge in [-0.2, -0.15) is 4.98 Å². The fraction of sp³-hybridized carbons (Fsp3) is 0.800. The van der Waals surface area contributed by atoms with Crippen LogP contribution >= 0.6 is 0 Å². The molecule has 2 rings (SSSR count). The summed E-state index contributed by atoms with van der Waals surface area (Å²) >= 11 is 0. The molecule has 0 spiro atoms. The van der Waals surface area contributed by atoms with Gasteiger partial charge < -0.3 is 14.2 Å². The smallest absolute Gasteiger partial charge is 0.227 e. The van der Waals surface area contributed by atoms with Gasteiger partial charge in [0.15, 0.2) is 5.82 Å². The molecule has 1 aliphatic rings. The third kappa shape index (κ3) is 4.52. The zero-order valence-corrected chi connectivity index (χ0v) is 13.4. The molecule has 1 aromatic heterocycles. The largest absolute Gasteiger partial charge is 0.376 e. The van der Waals surface area contributed by atoms with E-state index < -0.39 is 0 Å². The van der Waals surface area contributed by atoms with Gasteiger partial charge in [0.2, 0.25) is 11.8 Å². The molecule has 0 aromatic carbocycles. The van der Waals surface area contributed by atoms with Gasteiger partial charge in [0.25, 0.3) is 0 Å². The van der Waals surface area contributed by atoms with E-state index in [1.165, 1.54) is 0 Å². The average molecular weight is 295 g/mol. The van der Waals surface area contributed by atoms with Crippen molar-refractivity contribution in [2.45, 2.75) is 58.0 Å². The molecule has 1 aromatic rings. The van der Waals surface area contributed by atoms with Gasteiger partial charge in [-0.3, -0.25) is 4.79 Å². The van der Waals surface area contributed by atoms with Crippen LogP contribution in [0.2, 0.25) is 0 Å². The van der Waals surface area contributed by atoms with E-state index in [4.69, 9.17) is 9.26 Å². The molecular formula is C15H25N3O3. The molecule has 0 aliphatic carbocycles. The van der Waals surface area contributed by atoms with Crippen LogP contribution in [0.1, 0.15) is 51.7 Å². The lowest BCUT2D eigenvalue weighted by atomic mass is 9.96. The SMILES string of the molecule is CN(C[C@@H]1CCCO1)C(=O)CCc1nc(C(C)(C)C)no1. The van der Waals surface area contributed by atoms with Crippen LogP contribution in [0.5, 0.6) is 0 Å². The van der Waals surface area contributed by atoms with Crippen LogP contribution in [0.3, 0.4) is 0 Å². The summed E-state index contributed by atoms with van der Waals surface area (Å²) in [5.41, 5.74) is -0.137. The summed E-state index contributed by atoms with van der Waals surface area (Å²) in [4.78, 5) is 18.2. The van der Waals surface area contributed by atoms with Gasteiger partial charge in [0.05, 0.1) is 6.10 Å². The lowest BCUT2D eigenvalue weighted by molar-refractivity contribution is -0.131. The molecular weight excluding hydrogens is 270 g/mol. The van der Waals surface area contributed by atoms with E-state index in [1.54, 1.807) is 4.90 Å². The number of ether oxygens (including phenoxy) is 1. The van der Waals surface area contributed by atoms with Crippen molar-refractivity contribution in [1.82, 2.24) is 15.0 Å². The Labute approximate surface area is 125 Å². The summed E-state index contributed by atoms with van der Waals surface area (Å²) in [6, 6.07) is 0. The van der Waals surface area contributed by atoms with Crippen LogP contribution in [0.15, 0.2) is 4.52 Å². The minimum absolute atomic E-state index is 0.0843. The topological polar surface area (TPSA) is 68.5 Å². The Morgan fingerprint density at radius 2 is 2.19 bits per heavy atom. The highest BCUT2D eigenvalue weighted by molar-refractivity contribution is 5.76. The first kappa shape index (κ1) is 15.9. The molecule has 1 aliphatic heterocycles. The molecule has 6 heteroatoms. The second-order valence-corrected chi connectivity index (χ2v) is 6.67. The summed E-state index contributed by atoms with van der Waals surface area (Å²) in [7, 11) is 1.82. The number of amides is 1. The number of carbonyl (C=O) groups is 1. The molecule has 0 unspecified atom stereocenters. The quantitative estimate of drug-likeness (QED) is 0.830. The van der Waals surface area contributed by atoms with Crippen LogP contribution in [-0.2, 0) is 21.4 Å². The van der Waals surface area contributed by atoms with E-state index in [9.17, 15) is 4.79 Å². The van der Waals surface area contributed by atoms with Crippen LogP contribution < -0.4 is 0 Å². The van der Waals surface area contributed by atoms with E-state index in [0.717, 1.165) is 19.4 Å². The first-order valence-corrected chi connectivity index (χ1v) is 7.55. The van der Waals surface area contributed by atoms with Crippen molar-refractivity contribution in [2.75, 3.05) is 20.2 Å². The number of aromatic nitrogens is 2. The normalized spacial score (nSPS) is 19.0. The Morgan fingerprint density at radius 3 is 2.76 bits per heavy atom. The third-order valence-corrected chi connectivity index (χ3v) is 3.62. The highest BCUT2D eigenvalue weighted by Gasteiger charge is 2.22. The van der Waals surface area contributed by atoms with Gasteiger partial charge in [-0.05, 0) is 12.8 Å². The van der Waals surface area contributed by atoms with Crippen LogP contribution in [0.25, 0.3) is 0 Å². The zero-order valence-electron chi connectivity index (χ0n) is 13.4.